The van der Waals surface area contributed by atoms with E-state index in [2.05, 4.69) is 34.1 Å². The van der Waals surface area contributed by atoms with Crippen LogP contribution in [0.3, 0.4) is 0 Å². The molecule has 11 heteroatoms. The molecule has 0 saturated carbocycles. The number of aromatic nitrogens is 5. The molecule has 0 unspecified atom stereocenters. The van der Waals surface area contributed by atoms with Crippen LogP contribution in [0.5, 0.6) is 0 Å². The second-order valence-electron chi connectivity index (χ2n) is 4.51. The van der Waals surface area contributed by atoms with Gasteiger partial charge in [0.05, 0.1) is 5.69 Å². The van der Waals surface area contributed by atoms with Crippen LogP contribution in [0.4, 0.5) is 5.13 Å². The van der Waals surface area contributed by atoms with Crippen LogP contribution in [0, 0.1) is 0 Å². The summed E-state index contributed by atoms with van der Waals surface area (Å²) in [7, 11) is 0. The molecular weight excluding hydrogens is 360 g/mol. The molecule has 116 valence electrons. The maximum absolute atomic E-state index is 12.1. The summed E-state index contributed by atoms with van der Waals surface area (Å²) in [5.41, 5.74) is 6.08. The highest BCUT2D eigenvalue weighted by Crippen LogP contribution is 2.28. The average molecular weight is 373 g/mol. The van der Waals surface area contributed by atoms with Crippen molar-refractivity contribution in [2.45, 2.75) is 33.5 Å². The Kier molecular flexibility index (Phi) is 4.66. The summed E-state index contributed by atoms with van der Waals surface area (Å²) in [5.74, 6) is 0.547. The lowest BCUT2D eigenvalue weighted by molar-refractivity contribution is 0.848. The molecule has 22 heavy (non-hydrogen) atoms. The summed E-state index contributed by atoms with van der Waals surface area (Å²) in [6.45, 7) is 4.17. The van der Waals surface area contributed by atoms with Crippen molar-refractivity contribution in [3.63, 3.8) is 0 Å². The molecule has 0 aliphatic heterocycles. The van der Waals surface area contributed by atoms with Crippen LogP contribution in [0.1, 0.15) is 19.5 Å². The highest BCUT2D eigenvalue weighted by atomic mass is 32.2. The number of nitrogens with zero attached hydrogens (tertiary/aromatic N) is 5. The molecule has 0 aliphatic carbocycles. The molecular formula is C11H12N6OS4. The number of hydrogen-bond donors (Lipinski definition) is 1. The third kappa shape index (κ3) is 3.59. The minimum Gasteiger partial charge on any atom is -0.374 e. The summed E-state index contributed by atoms with van der Waals surface area (Å²) in [5, 5.41) is 12.8. The molecule has 0 radical (unpaired) electrons. The standard InChI is InChI=1S/C11H12N6OS4/c1-5(2)20-11-16-17-7(18)3-6(13-9(17)22-11)4-19-10-15-14-8(12)21-10/h3,5H,4H2,1-2H3,(H2,12,14). The van der Waals surface area contributed by atoms with Gasteiger partial charge in [-0.15, -0.1) is 15.3 Å². The minimum absolute atomic E-state index is 0.163. The van der Waals surface area contributed by atoms with E-state index >= 15 is 0 Å². The zero-order valence-corrected chi connectivity index (χ0v) is 15.0. The van der Waals surface area contributed by atoms with Crippen molar-refractivity contribution in [1.29, 1.82) is 0 Å². The molecule has 0 saturated heterocycles. The number of anilines is 1. The topological polar surface area (TPSA) is 99.1 Å². The van der Waals surface area contributed by atoms with Gasteiger partial charge in [-0.05, 0) is 0 Å². The first-order valence-electron chi connectivity index (χ1n) is 6.29. The molecule has 7 nitrogen and oxygen atoms in total. The van der Waals surface area contributed by atoms with Gasteiger partial charge in [-0.1, -0.05) is 60.0 Å². The predicted molar refractivity (Wildman–Crippen MR) is 92.0 cm³/mol. The molecule has 0 bridgehead atoms. The number of hydrogen-bond acceptors (Lipinski definition) is 10. The van der Waals surface area contributed by atoms with E-state index in [0.717, 1.165) is 8.68 Å². The Hall–Kier alpha value is -1.17. The molecule has 3 rings (SSSR count). The summed E-state index contributed by atoms with van der Waals surface area (Å²) >= 11 is 5.83. The number of nitrogens with two attached hydrogens (primary N) is 1. The van der Waals surface area contributed by atoms with Gasteiger partial charge in [0, 0.05) is 17.1 Å². The third-order valence-electron chi connectivity index (χ3n) is 2.38. The van der Waals surface area contributed by atoms with Crippen LogP contribution in [-0.4, -0.2) is 30.0 Å². The molecule has 0 fully saturated rings. The Morgan fingerprint density at radius 2 is 2.14 bits per heavy atom. The second kappa shape index (κ2) is 6.52. The fraction of sp³-hybridized carbons (Fsp3) is 0.364. The average Bonchev–Trinajstić information content (AvgIpc) is 3.02. The Balaban J connectivity index is 1.83. The van der Waals surface area contributed by atoms with Gasteiger partial charge in [0.2, 0.25) is 10.1 Å². The van der Waals surface area contributed by atoms with Gasteiger partial charge < -0.3 is 5.73 Å². The summed E-state index contributed by atoms with van der Waals surface area (Å²) in [6.07, 6.45) is 0. The third-order valence-corrected chi connectivity index (χ3v) is 6.30. The Bertz CT molecular complexity index is 854. The van der Waals surface area contributed by atoms with Crippen LogP contribution >= 0.6 is 46.2 Å². The molecule has 3 aromatic rings. The van der Waals surface area contributed by atoms with Gasteiger partial charge in [-0.3, -0.25) is 4.79 Å². The van der Waals surface area contributed by atoms with E-state index in [4.69, 9.17) is 5.73 Å². The monoisotopic (exact) mass is 372 g/mol. The van der Waals surface area contributed by atoms with E-state index in [-0.39, 0.29) is 5.56 Å². The number of thioether (sulfide) groups is 2. The molecule has 3 heterocycles. The van der Waals surface area contributed by atoms with Crippen LogP contribution in [0.2, 0.25) is 0 Å². The fourth-order valence-electron chi connectivity index (χ4n) is 1.58. The molecule has 0 amide bonds. The van der Waals surface area contributed by atoms with Crippen molar-refractivity contribution in [1.82, 2.24) is 24.8 Å². The predicted octanol–water partition coefficient (Wildman–Crippen LogP) is 2.38. The van der Waals surface area contributed by atoms with Crippen LogP contribution < -0.4 is 11.3 Å². The first kappa shape index (κ1) is 15.7. The molecule has 0 aliphatic rings. The zero-order valence-electron chi connectivity index (χ0n) is 11.7. The lowest BCUT2D eigenvalue weighted by Crippen LogP contribution is -2.15. The number of nitrogen functional groups attached to an aromatic ring is 1. The van der Waals surface area contributed by atoms with Crippen molar-refractivity contribution >= 4 is 56.3 Å². The summed E-state index contributed by atoms with van der Waals surface area (Å²) in [4.78, 5) is 17.2. The van der Waals surface area contributed by atoms with Crippen LogP contribution in [0.15, 0.2) is 19.5 Å². The number of rotatable bonds is 5. The summed E-state index contributed by atoms with van der Waals surface area (Å²) in [6, 6.07) is 1.51. The van der Waals surface area contributed by atoms with Gasteiger partial charge >= 0.3 is 0 Å². The summed E-state index contributed by atoms with van der Waals surface area (Å²) < 4.78 is 2.97. The SMILES string of the molecule is CC(C)Sc1nn2c(=O)cc(CSc3nnc(N)s3)nc2s1. The molecule has 2 N–H and O–H groups in total. The van der Waals surface area contributed by atoms with Gasteiger partial charge in [0.1, 0.15) is 0 Å². The largest absolute Gasteiger partial charge is 0.374 e. The van der Waals surface area contributed by atoms with Crippen LogP contribution in [-0.2, 0) is 5.75 Å². The van der Waals surface area contributed by atoms with E-state index in [1.165, 1.54) is 45.0 Å². The lowest BCUT2D eigenvalue weighted by atomic mass is 10.4. The Morgan fingerprint density at radius 1 is 1.32 bits per heavy atom. The maximum Gasteiger partial charge on any atom is 0.275 e. The molecule has 0 atom stereocenters. The zero-order chi connectivity index (χ0) is 15.7. The first-order valence-corrected chi connectivity index (χ1v) is 9.79. The minimum atomic E-state index is -0.163. The van der Waals surface area contributed by atoms with Gasteiger partial charge in [0.25, 0.3) is 5.56 Å². The van der Waals surface area contributed by atoms with E-state index < -0.39 is 0 Å². The Morgan fingerprint density at radius 3 is 2.82 bits per heavy atom. The van der Waals surface area contributed by atoms with Crippen molar-refractivity contribution in [2.24, 2.45) is 0 Å². The van der Waals surface area contributed by atoms with Crippen molar-refractivity contribution in [3.05, 3.63) is 22.1 Å². The lowest BCUT2D eigenvalue weighted by Gasteiger charge is -1.97. The first-order chi connectivity index (χ1) is 10.5. The van der Waals surface area contributed by atoms with Gasteiger partial charge in [0.15, 0.2) is 8.68 Å². The molecule has 0 aromatic carbocycles. The molecule has 3 aromatic heterocycles. The van der Waals surface area contributed by atoms with E-state index in [1.807, 2.05) is 0 Å². The maximum atomic E-state index is 12.1. The second-order valence-corrected chi connectivity index (χ2v) is 9.52. The fourth-order valence-corrected chi connectivity index (χ4v) is 5.29. The van der Waals surface area contributed by atoms with Crippen LogP contribution in [0.25, 0.3) is 4.96 Å². The molecule has 0 spiro atoms. The van der Waals surface area contributed by atoms with Crippen molar-refractivity contribution in [3.8, 4) is 0 Å². The van der Waals surface area contributed by atoms with Gasteiger partial charge in [-0.2, -0.15) is 4.52 Å². The quantitative estimate of drug-likeness (QED) is 0.682. The van der Waals surface area contributed by atoms with Gasteiger partial charge in [-0.25, -0.2) is 4.98 Å². The number of fused-ring (bicyclic) bond motifs is 1. The van der Waals surface area contributed by atoms with E-state index in [0.29, 0.717) is 26.8 Å². The van der Waals surface area contributed by atoms with Crippen molar-refractivity contribution < 1.29 is 0 Å². The van der Waals surface area contributed by atoms with E-state index in [9.17, 15) is 4.79 Å². The normalized spacial score (nSPS) is 11.6. The Labute approximate surface area is 142 Å². The van der Waals surface area contributed by atoms with Crippen molar-refractivity contribution in [2.75, 3.05) is 5.73 Å². The van der Waals surface area contributed by atoms with E-state index in [1.54, 1.807) is 11.8 Å². The highest BCUT2D eigenvalue weighted by Gasteiger charge is 2.11. The smallest absolute Gasteiger partial charge is 0.275 e. The highest BCUT2D eigenvalue weighted by molar-refractivity contribution is 8.01.